The van der Waals surface area contributed by atoms with E-state index in [2.05, 4.69) is 0 Å². The molecule has 14 heavy (non-hydrogen) atoms. The molecule has 1 aromatic carbocycles. The second-order valence-corrected chi connectivity index (χ2v) is 3.07. The van der Waals surface area contributed by atoms with Gasteiger partial charge in [0.15, 0.2) is 0 Å². The predicted octanol–water partition coefficient (Wildman–Crippen LogP) is 2.08. The van der Waals surface area contributed by atoms with Crippen LogP contribution in [0.2, 0.25) is 0 Å². The van der Waals surface area contributed by atoms with Gasteiger partial charge in [0.2, 0.25) is 0 Å². The number of amides is 1. The van der Waals surface area contributed by atoms with Crippen LogP contribution in [0.3, 0.4) is 0 Å². The van der Waals surface area contributed by atoms with Crippen molar-refractivity contribution in [3.8, 4) is 0 Å². The van der Waals surface area contributed by atoms with Gasteiger partial charge in [0, 0.05) is 12.2 Å². The Kier molecular flexibility index (Phi) is 2.96. The van der Waals surface area contributed by atoms with E-state index in [1.807, 2.05) is 13.0 Å². The molecule has 0 heterocycles. The SMILES string of the molecule is CCN(C(=O)O)c1cc(N)ccc1C. The first-order valence-corrected chi connectivity index (χ1v) is 4.42. The summed E-state index contributed by atoms with van der Waals surface area (Å²) in [5, 5.41) is 8.93. The Morgan fingerprint density at radius 1 is 1.57 bits per heavy atom. The molecule has 0 aliphatic heterocycles. The lowest BCUT2D eigenvalue weighted by atomic mass is 10.1. The molecule has 0 bridgehead atoms. The summed E-state index contributed by atoms with van der Waals surface area (Å²) in [5.74, 6) is 0. The number of hydrogen-bond acceptors (Lipinski definition) is 2. The number of benzene rings is 1. The summed E-state index contributed by atoms with van der Waals surface area (Å²) in [4.78, 5) is 12.1. The zero-order valence-corrected chi connectivity index (χ0v) is 8.32. The van der Waals surface area contributed by atoms with Gasteiger partial charge in [-0.3, -0.25) is 4.90 Å². The molecule has 0 fully saturated rings. The fraction of sp³-hybridized carbons (Fsp3) is 0.300. The maximum absolute atomic E-state index is 10.9. The molecule has 1 aromatic rings. The summed E-state index contributed by atoms with van der Waals surface area (Å²) >= 11 is 0. The topological polar surface area (TPSA) is 66.6 Å². The predicted molar refractivity (Wildman–Crippen MR) is 56.6 cm³/mol. The van der Waals surface area contributed by atoms with Crippen molar-refractivity contribution in [1.29, 1.82) is 0 Å². The van der Waals surface area contributed by atoms with E-state index in [1.54, 1.807) is 19.1 Å². The van der Waals surface area contributed by atoms with Crippen LogP contribution in [0.5, 0.6) is 0 Å². The largest absolute Gasteiger partial charge is 0.465 e. The standard InChI is InChI=1S/C10H14N2O2/c1-3-12(10(13)14)9-6-8(11)5-4-7(9)2/h4-6H,3,11H2,1-2H3,(H,13,14). The van der Waals surface area contributed by atoms with Crippen molar-refractivity contribution in [1.82, 2.24) is 0 Å². The van der Waals surface area contributed by atoms with Crippen LogP contribution in [0.15, 0.2) is 18.2 Å². The van der Waals surface area contributed by atoms with Gasteiger partial charge in [-0.15, -0.1) is 0 Å². The summed E-state index contributed by atoms with van der Waals surface area (Å²) in [6.07, 6.45) is -0.957. The van der Waals surface area contributed by atoms with Crippen molar-refractivity contribution >= 4 is 17.5 Å². The summed E-state index contributed by atoms with van der Waals surface area (Å²) in [6, 6.07) is 5.25. The molecule has 0 saturated carbocycles. The molecular formula is C10H14N2O2. The zero-order chi connectivity index (χ0) is 10.7. The molecule has 1 amide bonds. The average molecular weight is 194 g/mol. The van der Waals surface area contributed by atoms with E-state index in [1.165, 1.54) is 4.90 Å². The van der Waals surface area contributed by atoms with Gasteiger partial charge in [0.05, 0.1) is 5.69 Å². The van der Waals surface area contributed by atoms with Crippen LogP contribution in [-0.2, 0) is 0 Å². The number of nitrogens with two attached hydrogens (primary N) is 1. The minimum atomic E-state index is -0.957. The molecule has 3 N–H and O–H groups in total. The molecule has 4 nitrogen and oxygen atoms in total. The van der Waals surface area contributed by atoms with E-state index >= 15 is 0 Å². The Morgan fingerprint density at radius 3 is 2.71 bits per heavy atom. The first kappa shape index (κ1) is 10.4. The van der Waals surface area contributed by atoms with Crippen molar-refractivity contribution in [3.05, 3.63) is 23.8 Å². The molecule has 0 unspecified atom stereocenters. The maximum Gasteiger partial charge on any atom is 0.411 e. The van der Waals surface area contributed by atoms with Crippen LogP contribution >= 0.6 is 0 Å². The van der Waals surface area contributed by atoms with Crippen molar-refractivity contribution in [2.24, 2.45) is 0 Å². The van der Waals surface area contributed by atoms with Crippen LogP contribution in [0.25, 0.3) is 0 Å². The number of rotatable bonds is 2. The van der Waals surface area contributed by atoms with Gasteiger partial charge in [-0.1, -0.05) is 6.07 Å². The number of carbonyl (C=O) groups is 1. The van der Waals surface area contributed by atoms with Crippen LogP contribution in [0, 0.1) is 6.92 Å². The Balaban J connectivity index is 3.15. The monoisotopic (exact) mass is 194 g/mol. The minimum absolute atomic E-state index is 0.416. The lowest BCUT2D eigenvalue weighted by Crippen LogP contribution is -2.29. The minimum Gasteiger partial charge on any atom is -0.465 e. The third kappa shape index (κ3) is 1.96. The highest BCUT2D eigenvalue weighted by molar-refractivity contribution is 5.87. The van der Waals surface area contributed by atoms with Crippen LogP contribution in [0.4, 0.5) is 16.2 Å². The van der Waals surface area contributed by atoms with E-state index in [0.717, 1.165) is 5.56 Å². The number of nitrogens with zero attached hydrogens (tertiary/aromatic N) is 1. The van der Waals surface area contributed by atoms with Gasteiger partial charge >= 0.3 is 6.09 Å². The van der Waals surface area contributed by atoms with Gasteiger partial charge in [0.1, 0.15) is 0 Å². The van der Waals surface area contributed by atoms with Gasteiger partial charge in [-0.05, 0) is 31.5 Å². The van der Waals surface area contributed by atoms with Crippen molar-refractivity contribution in [2.75, 3.05) is 17.2 Å². The van der Waals surface area contributed by atoms with Crippen LogP contribution in [0.1, 0.15) is 12.5 Å². The van der Waals surface area contributed by atoms with Crippen molar-refractivity contribution in [3.63, 3.8) is 0 Å². The first-order valence-electron chi connectivity index (χ1n) is 4.42. The van der Waals surface area contributed by atoms with Crippen LogP contribution in [-0.4, -0.2) is 17.7 Å². The van der Waals surface area contributed by atoms with E-state index in [4.69, 9.17) is 10.8 Å². The zero-order valence-electron chi connectivity index (χ0n) is 8.32. The summed E-state index contributed by atoms with van der Waals surface area (Å²) < 4.78 is 0. The molecule has 0 aliphatic carbocycles. The molecule has 0 radical (unpaired) electrons. The summed E-state index contributed by atoms with van der Waals surface area (Å²) in [5.41, 5.74) is 7.73. The van der Waals surface area contributed by atoms with Gasteiger partial charge in [0.25, 0.3) is 0 Å². The number of carboxylic acid groups (broad SMARTS) is 1. The number of hydrogen-bond donors (Lipinski definition) is 2. The van der Waals surface area contributed by atoms with Gasteiger partial charge in [-0.2, -0.15) is 0 Å². The van der Waals surface area contributed by atoms with Gasteiger partial charge in [-0.25, -0.2) is 4.79 Å². The highest BCUT2D eigenvalue weighted by atomic mass is 16.4. The number of anilines is 2. The van der Waals surface area contributed by atoms with E-state index in [9.17, 15) is 4.79 Å². The Morgan fingerprint density at radius 2 is 2.21 bits per heavy atom. The second-order valence-electron chi connectivity index (χ2n) is 3.07. The third-order valence-electron chi connectivity index (χ3n) is 2.07. The summed E-state index contributed by atoms with van der Waals surface area (Å²) in [6.45, 7) is 4.07. The molecular weight excluding hydrogens is 180 g/mol. The second kappa shape index (κ2) is 4.00. The Hall–Kier alpha value is -1.71. The molecule has 0 atom stereocenters. The van der Waals surface area contributed by atoms with E-state index in [-0.39, 0.29) is 0 Å². The quantitative estimate of drug-likeness (QED) is 0.708. The molecule has 4 heteroatoms. The fourth-order valence-electron chi connectivity index (χ4n) is 1.33. The molecule has 76 valence electrons. The summed E-state index contributed by atoms with van der Waals surface area (Å²) in [7, 11) is 0. The molecule has 0 aromatic heterocycles. The molecule has 0 saturated heterocycles. The number of nitrogen functional groups attached to an aromatic ring is 1. The van der Waals surface area contributed by atoms with Crippen molar-refractivity contribution in [2.45, 2.75) is 13.8 Å². The van der Waals surface area contributed by atoms with Crippen LogP contribution < -0.4 is 10.6 Å². The molecule has 1 rings (SSSR count). The van der Waals surface area contributed by atoms with Crippen molar-refractivity contribution < 1.29 is 9.90 Å². The lowest BCUT2D eigenvalue weighted by Gasteiger charge is -2.19. The fourth-order valence-corrected chi connectivity index (χ4v) is 1.33. The van der Waals surface area contributed by atoms with E-state index in [0.29, 0.717) is 17.9 Å². The smallest absolute Gasteiger partial charge is 0.411 e. The maximum atomic E-state index is 10.9. The molecule has 0 spiro atoms. The normalized spacial score (nSPS) is 9.86. The highest BCUT2D eigenvalue weighted by Gasteiger charge is 2.13. The molecule has 0 aliphatic rings. The Bertz CT molecular complexity index is 350. The van der Waals surface area contributed by atoms with Gasteiger partial charge < -0.3 is 10.8 Å². The lowest BCUT2D eigenvalue weighted by molar-refractivity contribution is 0.202. The highest BCUT2D eigenvalue weighted by Crippen LogP contribution is 2.22. The third-order valence-corrected chi connectivity index (χ3v) is 2.07. The average Bonchev–Trinajstić information content (AvgIpc) is 2.11. The number of aryl methyl sites for hydroxylation is 1. The Labute approximate surface area is 82.9 Å². The first-order chi connectivity index (χ1) is 6.56. The van der Waals surface area contributed by atoms with E-state index < -0.39 is 6.09 Å².